The van der Waals surface area contributed by atoms with Gasteiger partial charge >= 0.3 is 0 Å². The SMILES string of the molecule is CCOc1cccc(-c2nnc(NC)s2)c1. The molecule has 0 aliphatic heterocycles. The molecule has 1 heterocycles. The molecule has 0 saturated heterocycles. The normalized spacial score (nSPS) is 10.1. The third-order valence-electron chi connectivity index (χ3n) is 2.03. The third kappa shape index (κ3) is 2.30. The van der Waals surface area contributed by atoms with Crippen LogP contribution in [0.25, 0.3) is 10.6 Å². The van der Waals surface area contributed by atoms with Crippen LogP contribution in [0.2, 0.25) is 0 Å². The molecule has 84 valence electrons. The van der Waals surface area contributed by atoms with E-state index in [2.05, 4.69) is 15.5 Å². The predicted molar refractivity (Wildman–Crippen MR) is 66.1 cm³/mol. The maximum atomic E-state index is 5.44. The smallest absolute Gasteiger partial charge is 0.205 e. The zero-order valence-electron chi connectivity index (χ0n) is 9.23. The van der Waals surface area contributed by atoms with Gasteiger partial charge in [0.2, 0.25) is 5.13 Å². The number of nitrogens with zero attached hydrogens (tertiary/aromatic N) is 2. The molecule has 0 radical (unpaired) electrons. The second-order valence-electron chi connectivity index (χ2n) is 3.12. The summed E-state index contributed by atoms with van der Waals surface area (Å²) in [5, 5.41) is 12.8. The minimum Gasteiger partial charge on any atom is -0.494 e. The topological polar surface area (TPSA) is 47.0 Å². The van der Waals surface area contributed by atoms with Gasteiger partial charge in [-0.1, -0.05) is 23.5 Å². The van der Waals surface area contributed by atoms with E-state index in [0.29, 0.717) is 6.61 Å². The predicted octanol–water partition coefficient (Wildman–Crippen LogP) is 2.65. The summed E-state index contributed by atoms with van der Waals surface area (Å²) in [4.78, 5) is 0. The highest BCUT2D eigenvalue weighted by molar-refractivity contribution is 7.18. The van der Waals surface area contributed by atoms with E-state index < -0.39 is 0 Å². The average molecular weight is 235 g/mol. The van der Waals surface area contributed by atoms with Crippen molar-refractivity contribution in [2.75, 3.05) is 19.0 Å². The Hall–Kier alpha value is -1.62. The van der Waals surface area contributed by atoms with E-state index >= 15 is 0 Å². The Bertz CT molecular complexity index is 470. The Kier molecular flexibility index (Phi) is 3.36. The van der Waals surface area contributed by atoms with Crippen LogP contribution in [0.15, 0.2) is 24.3 Å². The van der Waals surface area contributed by atoms with Crippen LogP contribution in [0, 0.1) is 0 Å². The molecule has 0 aliphatic carbocycles. The number of aromatic nitrogens is 2. The first-order valence-electron chi connectivity index (χ1n) is 5.08. The molecule has 1 N–H and O–H groups in total. The van der Waals surface area contributed by atoms with Crippen LogP contribution >= 0.6 is 11.3 Å². The van der Waals surface area contributed by atoms with Crippen LogP contribution in [0.5, 0.6) is 5.75 Å². The summed E-state index contributed by atoms with van der Waals surface area (Å²) in [6.07, 6.45) is 0. The number of hydrogen-bond acceptors (Lipinski definition) is 5. The minimum absolute atomic E-state index is 0.668. The van der Waals surface area contributed by atoms with E-state index in [1.54, 1.807) is 0 Å². The van der Waals surface area contributed by atoms with Crippen molar-refractivity contribution in [2.45, 2.75) is 6.92 Å². The molecule has 0 fully saturated rings. The zero-order valence-corrected chi connectivity index (χ0v) is 10.0. The van der Waals surface area contributed by atoms with E-state index in [9.17, 15) is 0 Å². The Labute approximate surface area is 98.3 Å². The standard InChI is InChI=1S/C11H13N3OS/c1-3-15-9-6-4-5-8(7-9)10-13-14-11(12-2)16-10/h4-7H,3H2,1-2H3,(H,12,14). The quantitative estimate of drug-likeness (QED) is 0.885. The molecule has 0 atom stereocenters. The number of ether oxygens (including phenoxy) is 1. The van der Waals surface area contributed by atoms with Crippen LogP contribution in [0.1, 0.15) is 6.92 Å². The molecular weight excluding hydrogens is 222 g/mol. The van der Waals surface area contributed by atoms with E-state index in [4.69, 9.17) is 4.74 Å². The van der Waals surface area contributed by atoms with Crippen LogP contribution < -0.4 is 10.1 Å². The lowest BCUT2D eigenvalue weighted by atomic mass is 10.2. The molecule has 2 rings (SSSR count). The first-order chi connectivity index (χ1) is 7.83. The molecule has 0 saturated carbocycles. The van der Waals surface area contributed by atoms with Crippen molar-refractivity contribution in [1.29, 1.82) is 0 Å². The minimum atomic E-state index is 0.668. The van der Waals surface area contributed by atoms with Crippen LogP contribution in [0.4, 0.5) is 5.13 Å². The van der Waals surface area contributed by atoms with E-state index in [-0.39, 0.29) is 0 Å². The number of hydrogen-bond donors (Lipinski definition) is 1. The highest BCUT2D eigenvalue weighted by atomic mass is 32.1. The number of nitrogens with one attached hydrogen (secondary N) is 1. The largest absolute Gasteiger partial charge is 0.494 e. The second-order valence-corrected chi connectivity index (χ2v) is 4.10. The van der Waals surface area contributed by atoms with Gasteiger partial charge in [-0.25, -0.2) is 0 Å². The summed E-state index contributed by atoms with van der Waals surface area (Å²) in [6, 6.07) is 7.87. The van der Waals surface area contributed by atoms with Gasteiger partial charge in [-0.3, -0.25) is 0 Å². The van der Waals surface area contributed by atoms with Crippen molar-refractivity contribution < 1.29 is 4.74 Å². The zero-order chi connectivity index (χ0) is 11.4. The summed E-state index contributed by atoms with van der Waals surface area (Å²) in [7, 11) is 1.83. The summed E-state index contributed by atoms with van der Waals surface area (Å²) in [5.41, 5.74) is 1.03. The lowest BCUT2D eigenvalue weighted by Crippen LogP contribution is -1.90. The Morgan fingerprint density at radius 3 is 2.94 bits per heavy atom. The molecule has 4 nitrogen and oxygen atoms in total. The van der Waals surface area contributed by atoms with Crippen molar-refractivity contribution in [3.63, 3.8) is 0 Å². The van der Waals surface area contributed by atoms with Crippen molar-refractivity contribution in [3.05, 3.63) is 24.3 Å². The van der Waals surface area contributed by atoms with Gasteiger partial charge in [0.25, 0.3) is 0 Å². The Morgan fingerprint density at radius 2 is 2.25 bits per heavy atom. The maximum absolute atomic E-state index is 5.44. The van der Waals surface area contributed by atoms with Gasteiger partial charge < -0.3 is 10.1 Å². The second kappa shape index (κ2) is 4.94. The summed E-state index contributed by atoms with van der Waals surface area (Å²) in [6.45, 7) is 2.64. The summed E-state index contributed by atoms with van der Waals surface area (Å²) in [5.74, 6) is 0.862. The molecule has 0 amide bonds. The Morgan fingerprint density at radius 1 is 1.38 bits per heavy atom. The highest BCUT2D eigenvalue weighted by Gasteiger charge is 2.06. The molecule has 0 unspecified atom stereocenters. The maximum Gasteiger partial charge on any atom is 0.205 e. The molecule has 1 aromatic carbocycles. The van der Waals surface area contributed by atoms with E-state index in [1.165, 1.54) is 11.3 Å². The van der Waals surface area contributed by atoms with Gasteiger partial charge in [-0.2, -0.15) is 0 Å². The van der Waals surface area contributed by atoms with Crippen molar-refractivity contribution in [1.82, 2.24) is 10.2 Å². The molecule has 0 spiro atoms. The van der Waals surface area contributed by atoms with Crippen molar-refractivity contribution in [3.8, 4) is 16.3 Å². The lowest BCUT2D eigenvalue weighted by Gasteiger charge is -2.03. The van der Waals surface area contributed by atoms with E-state index in [0.717, 1.165) is 21.5 Å². The van der Waals surface area contributed by atoms with Gasteiger partial charge in [0.15, 0.2) is 0 Å². The number of benzene rings is 1. The Balaban J connectivity index is 2.28. The van der Waals surface area contributed by atoms with Crippen molar-refractivity contribution in [2.24, 2.45) is 0 Å². The van der Waals surface area contributed by atoms with Gasteiger partial charge in [0, 0.05) is 12.6 Å². The monoisotopic (exact) mass is 235 g/mol. The summed E-state index contributed by atoms with van der Waals surface area (Å²) >= 11 is 1.52. The highest BCUT2D eigenvalue weighted by Crippen LogP contribution is 2.28. The molecular formula is C11H13N3OS. The molecule has 0 aliphatic rings. The van der Waals surface area contributed by atoms with Crippen molar-refractivity contribution >= 4 is 16.5 Å². The fourth-order valence-electron chi connectivity index (χ4n) is 1.33. The third-order valence-corrected chi connectivity index (χ3v) is 3.02. The molecule has 0 bridgehead atoms. The lowest BCUT2D eigenvalue weighted by molar-refractivity contribution is 0.340. The fraction of sp³-hybridized carbons (Fsp3) is 0.273. The van der Waals surface area contributed by atoms with E-state index in [1.807, 2.05) is 38.2 Å². The number of rotatable bonds is 4. The van der Waals surface area contributed by atoms with Crippen LogP contribution in [0.3, 0.4) is 0 Å². The molecule has 1 aromatic heterocycles. The molecule has 5 heteroatoms. The van der Waals surface area contributed by atoms with Gasteiger partial charge in [0.1, 0.15) is 10.8 Å². The van der Waals surface area contributed by atoms with Gasteiger partial charge in [-0.05, 0) is 19.1 Å². The van der Waals surface area contributed by atoms with Gasteiger partial charge in [0.05, 0.1) is 6.61 Å². The summed E-state index contributed by atoms with van der Waals surface area (Å²) < 4.78 is 5.44. The van der Waals surface area contributed by atoms with Crippen LogP contribution in [-0.2, 0) is 0 Å². The first-order valence-corrected chi connectivity index (χ1v) is 5.89. The molecule has 2 aromatic rings. The first kappa shape index (κ1) is 10.9. The molecule has 16 heavy (non-hydrogen) atoms. The fourth-order valence-corrected chi connectivity index (χ4v) is 2.02. The van der Waals surface area contributed by atoms with Gasteiger partial charge in [-0.15, -0.1) is 10.2 Å². The number of anilines is 1. The average Bonchev–Trinajstić information content (AvgIpc) is 2.78. The van der Waals surface area contributed by atoms with Crippen LogP contribution in [-0.4, -0.2) is 23.9 Å².